The molecular formula is C22H23N3O3S. The third-order valence-corrected chi connectivity index (χ3v) is 5.81. The van der Waals surface area contributed by atoms with E-state index in [4.69, 9.17) is 9.15 Å². The van der Waals surface area contributed by atoms with Crippen LogP contribution in [0.4, 0.5) is 0 Å². The first kappa shape index (κ1) is 19.5. The van der Waals surface area contributed by atoms with Crippen LogP contribution in [0.2, 0.25) is 0 Å². The minimum Gasteiger partial charge on any atom is -0.497 e. The summed E-state index contributed by atoms with van der Waals surface area (Å²) in [6.07, 6.45) is 3.69. The Morgan fingerprint density at radius 1 is 1.21 bits per heavy atom. The maximum Gasteiger partial charge on any atom is 0.277 e. The van der Waals surface area contributed by atoms with Crippen molar-refractivity contribution in [2.75, 3.05) is 12.9 Å². The van der Waals surface area contributed by atoms with E-state index in [1.54, 1.807) is 7.11 Å². The number of amides is 1. The van der Waals surface area contributed by atoms with Crippen molar-refractivity contribution in [3.05, 3.63) is 71.1 Å². The highest BCUT2D eigenvalue weighted by Gasteiger charge is 2.21. The Morgan fingerprint density at radius 3 is 2.86 bits per heavy atom. The van der Waals surface area contributed by atoms with Crippen LogP contribution >= 0.6 is 11.8 Å². The maximum atomic E-state index is 12.4. The number of methoxy groups -OCH3 is 1. The van der Waals surface area contributed by atoms with Crippen molar-refractivity contribution in [2.24, 2.45) is 0 Å². The van der Waals surface area contributed by atoms with Gasteiger partial charge in [0.05, 0.1) is 25.3 Å². The number of benzene rings is 2. The number of rotatable bonds is 7. The van der Waals surface area contributed by atoms with E-state index in [-0.39, 0.29) is 17.7 Å². The zero-order chi connectivity index (χ0) is 20.1. The number of hydrogen-bond acceptors (Lipinski definition) is 6. The summed E-state index contributed by atoms with van der Waals surface area (Å²) in [6.45, 7) is 0. The molecule has 0 saturated carbocycles. The van der Waals surface area contributed by atoms with E-state index in [1.807, 2.05) is 30.3 Å². The second-order valence-electron chi connectivity index (χ2n) is 6.99. The van der Waals surface area contributed by atoms with E-state index < -0.39 is 0 Å². The molecule has 1 heterocycles. The first-order chi connectivity index (χ1) is 14.2. The Labute approximate surface area is 174 Å². The van der Waals surface area contributed by atoms with E-state index in [9.17, 15) is 4.79 Å². The molecule has 6 nitrogen and oxygen atoms in total. The molecule has 150 valence electrons. The van der Waals surface area contributed by atoms with Crippen molar-refractivity contribution >= 4 is 17.7 Å². The molecule has 0 radical (unpaired) electrons. The van der Waals surface area contributed by atoms with Gasteiger partial charge in [0.1, 0.15) is 5.75 Å². The third-order valence-electron chi connectivity index (χ3n) is 4.99. The zero-order valence-electron chi connectivity index (χ0n) is 16.3. The molecule has 2 aromatic carbocycles. The Morgan fingerprint density at radius 2 is 2.03 bits per heavy atom. The molecule has 1 N–H and O–H groups in total. The quantitative estimate of drug-likeness (QED) is 0.595. The highest BCUT2D eigenvalue weighted by atomic mass is 32.2. The van der Waals surface area contributed by atoms with Gasteiger partial charge in [-0.2, -0.15) is 0 Å². The minimum atomic E-state index is -0.0217. The molecule has 7 heteroatoms. The smallest absolute Gasteiger partial charge is 0.277 e. The topological polar surface area (TPSA) is 77.2 Å². The predicted molar refractivity (Wildman–Crippen MR) is 111 cm³/mol. The molecule has 4 rings (SSSR count). The van der Waals surface area contributed by atoms with Crippen molar-refractivity contribution in [3.8, 4) is 5.75 Å². The van der Waals surface area contributed by atoms with Crippen LogP contribution < -0.4 is 10.1 Å². The highest BCUT2D eigenvalue weighted by Crippen LogP contribution is 2.29. The van der Waals surface area contributed by atoms with Gasteiger partial charge in [0, 0.05) is 0 Å². The normalized spacial score (nSPS) is 15.6. The lowest BCUT2D eigenvalue weighted by Crippen LogP contribution is -2.32. The van der Waals surface area contributed by atoms with Crippen LogP contribution in [-0.2, 0) is 17.6 Å². The first-order valence-electron chi connectivity index (χ1n) is 9.66. The summed E-state index contributed by atoms with van der Waals surface area (Å²) < 4.78 is 10.8. The molecule has 1 amide bonds. The van der Waals surface area contributed by atoms with Gasteiger partial charge in [0.2, 0.25) is 11.8 Å². The van der Waals surface area contributed by atoms with E-state index in [2.05, 4.69) is 33.7 Å². The molecule has 0 aliphatic heterocycles. The standard InChI is InChI=1S/C22H23N3O3S/c1-27-17-11-9-15(10-12-17)13-21-24-25-22(28-21)29-14-20(26)23-19-8-4-6-16-5-2-3-7-18(16)19/h2-3,5,7,9-12,19H,4,6,8,13-14H2,1H3,(H,23,26)/t19-/m0/s1. The van der Waals surface area contributed by atoms with Gasteiger partial charge in [0.15, 0.2) is 0 Å². The van der Waals surface area contributed by atoms with E-state index >= 15 is 0 Å². The number of aryl methyl sites for hydroxylation is 1. The zero-order valence-corrected chi connectivity index (χ0v) is 17.1. The van der Waals surface area contributed by atoms with Gasteiger partial charge in [-0.1, -0.05) is 48.2 Å². The molecule has 0 saturated heterocycles. The van der Waals surface area contributed by atoms with Crippen LogP contribution in [0.15, 0.2) is 58.2 Å². The number of aromatic nitrogens is 2. The van der Waals surface area contributed by atoms with Crippen molar-refractivity contribution < 1.29 is 13.9 Å². The van der Waals surface area contributed by atoms with Gasteiger partial charge in [-0.25, -0.2) is 0 Å². The van der Waals surface area contributed by atoms with Crippen LogP contribution in [0.5, 0.6) is 5.75 Å². The molecular weight excluding hydrogens is 386 g/mol. The maximum absolute atomic E-state index is 12.4. The summed E-state index contributed by atoms with van der Waals surface area (Å²) in [4.78, 5) is 12.4. The van der Waals surface area contributed by atoms with Crippen molar-refractivity contribution in [2.45, 2.75) is 36.9 Å². The molecule has 1 aliphatic rings. The van der Waals surface area contributed by atoms with Crippen LogP contribution in [0.25, 0.3) is 0 Å². The number of carbonyl (C=O) groups is 1. The minimum absolute atomic E-state index is 0.0217. The number of fused-ring (bicyclic) bond motifs is 1. The second-order valence-corrected chi connectivity index (χ2v) is 7.91. The Kier molecular flexibility index (Phi) is 6.14. The van der Waals surface area contributed by atoms with Crippen molar-refractivity contribution in [3.63, 3.8) is 0 Å². The second kappa shape index (κ2) is 9.13. The summed E-state index contributed by atoms with van der Waals surface area (Å²) in [5.74, 6) is 1.57. The third kappa shape index (κ3) is 4.98. The number of nitrogens with one attached hydrogen (secondary N) is 1. The lowest BCUT2D eigenvalue weighted by atomic mass is 9.88. The van der Waals surface area contributed by atoms with E-state index in [0.29, 0.717) is 17.5 Å². The van der Waals surface area contributed by atoms with Crippen LogP contribution in [0, 0.1) is 0 Å². The Bertz CT molecular complexity index is 971. The number of thioether (sulfide) groups is 1. The lowest BCUT2D eigenvalue weighted by Gasteiger charge is -2.26. The summed E-state index contributed by atoms with van der Waals surface area (Å²) in [7, 11) is 1.64. The number of hydrogen-bond donors (Lipinski definition) is 1. The van der Waals surface area contributed by atoms with Gasteiger partial charge in [-0.05, 0) is 48.1 Å². The lowest BCUT2D eigenvalue weighted by molar-refractivity contribution is -0.119. The number of ether oxygens (including phenoxy) is 1. The summed E-state index contributed by atoms with van der Waals surface area (Å²) >= 11 is 1.26. The molecule has 0 bridgehead atoms. The molecule has 1 aromatic heterocycles. The monoisotopic (exact) mass is 409 g/mol. The largest absolute Gasteiger partial charge is 0.497 e. The highest BCUT2D eigenvalue weighted by molar-refractivity contribution is 7.99. The summed E-state index contributed by atoms with van der Waals surface area (Å²) in [5, 5.41) is 11.7. The van der Waals surface area contributed by atoms with E-state index in [1.165, 1.54) is 22.9 Å². The average molecular weight is 410 g/mol. The molecule has 1 atom stereocenters. The van der Waals surface area contributed by atoms with Gasteiger partial charge < -0.3 is 14.5 Å². The van der Waals surface area contributed by atoms with Crippen LogP contribution in [0.3, 0.4) is 0 Å². The molecule has 1 aliphatic carbocycles. The fraction of sp³-hybridized carbons (Fsp3) is 0.318. The molecule has 0 fully saturated rings. The van der Waals surface area contributed by atoms with Gasteiger partial charge in [0.25, 0.3) is 5.22 Å². The fourth-order valence-corrected chi connectivity index (χ4v) is 4.14. The number of carbonyl (C=O) groups excluding carboxylic acids is 1. The molecule has 0 spiro atoms. The summed E-state index contributed by atoms with van der Waals surface area (Å²) in [5.41, 5.74) is 3.62. The predicted octanol–water partition coefficient (Wildman–Crippen LogP) is 3.95. The van der Waals surface area contributed by atoms with Crippen molar-refractivity contribution in [1.82, 2.24) is 15.5 Å². The average Bonchev–Trinajstić information content (AvgIpc) is 3.20. The molecule has 29 heavy (non-hydrogen) atoms. The van der Waals surface area contributed by atoms with Gasteiger partial charge in [-0.3, -0.25) is 4.79 Å². The first-order valence-corrected chi connectivity index (χ1v) is 10.6. The molecule has 0 unspecified atom stereocenters. The number of nitrogens with zero attached hydrogens (tertiary/aromatic N) is 2. The van der Waals surface area contributed by atoms with Crippen molar-refractivity contribution in [1.29, 1.82) is 0 Å². The fourth-order valence-electron chi connectivity index (χ4n) is 3.55. The summed E-state index contributed by atoms with van der Waals surface area (Å²) in [6, 6.07) is 16.1. The van der Waals surface area contributed by atoms with Gasteiger partial charge in [-0.15, -0.1) is 10.2 Å². The van der Waals surface area contributed by atoms with Crippen LogP contribution in [-0.4, -0.2) is 29.0 Å². The van der Waals surface area contributed by atoms with E-state index in [0.717, 1.165) is 30.6 Å². The Hall–Kier alpha value is -2.80. The molecule has 3 aromatic rings. The van der Waals surface area contributed by atoms with Crippen LogP contribution in [0.1, 0.15) is 41.5 Å². The van der Waals surface area contributed by atoms with Gasteiger partial charge >= 0.3 is 0 Å². The Balaban J connectivity index is 1.29. The SMILES string of the molecule is COc1ccc(Cc2nnc(SCC(=O)N[C@H]3CCCc4ccccc43)o2)cc1.